The number of ether oxygens (including phenoxy) is 2. The minimum atomic E-state index is -0.0227. The van der Waals surface area contributed by atoms with Crippen LogP contribution in [0.25, 0.3) is 0 Å². The maximum absolute atomic E-state index is 10.3. The minimum absolute atomic E-state index is 0.0227. The zero-order valence-electron chi connectivity index (χ0n) is 19.6. The van der Waals surface area contributed by atoms with E-state index in [2.05, 4.69) is 25.8 Å². The first-order valence-corrected chi connectivity index (χ1v) is 10.9. The molecule has 0 radical (unpaired) electrons. The summed E-state index contributed by atoms with van der Waals surface area (Å²) >= 11 is 0. The smallest absolute Gasteiger partial charge is 0.166 e. The number of aromatic hydroxyl groups is 2. The van der Waals surface area contributed by atoms with Gasteiger partial charge in [0.15, 0.2) is 23.0 Å². The van der Waals surface area contributed by atoms with Gasteiger partial charge in [-0.05, 0) is 54.4 Å². The maximum atomic E-state index is 10.3. The molecule has 0 aromatic heterocycles. The molecular weight excluding hydrogens is 404 g/mol. The number of rotatable bonds is 7. The molecule has 2 N–H and O–H groups in total. The van der Waals surface area contributed by atoms with Gasteiger partial charge in [0, 0.05) is 30.1 Å². The standard InChI is InChI=1S/C26H34N2O4/c1-25(2)12-20(28-15-19-9-7-11-22(32-5)24(19)30)13-26(3,16-25)17-27-14-18-8-6-10-21(31-4)23(18)29/h6-11,14-15,20,29-30H,12-13,16-17H2,1-5H3/t20-,26-/m1/s1. The number of hydrogen-bond donors (Lipinski definition) is 2. The fourth-order valence-corrected chi connectivity index (χ4v) is 4.97. The van der Waals surface area contributed by atoms with Gasteiger partial charge in [-0.1, -0.05) is 32.9 Å². The van der Waals surface area contributed by atoms with Crippen LogP contribution in [0.4, 0.5) is 0 Å². The number of methoxy groups -OCH3 is 2. The molecule has 0 heterocycles. The second-order valence-electron chi connectivity index (χ2n) is 9.76. The van der Waals surface area contributed by atoms with E-state index in [1.807, 2.05) is 24.3 Å². The van der Waals surface area contributed by atoms with Crippen molar-refractivity contribution in [2.45, 2.75) is 46.1 Å². The molecule has 1 aliphatic rings. The van der Waals surface area contributed by atoms with Crippen LogP contribution in [0.1, 0.15) is 51.2 Å². The first-order valence-electron chi connectivity index (χ1n) is 10.9. The van der Waals surface area contributed by atoms with Gasteiger partial charge in [-0.2, -0.15) is 0 Å². The lowest BCUT2D eigenvalue weighted by molar-refractivity contribution is 0.0918. The van der Waals surface area contributed by atoms with Crippen molar-refractivity contribution in [3.05, 3.63) is 47.5 Å². The molecule has 1 fully saturated rings. The highest BCUT2D eigenvalue weighted by Gasteiger charge is 2.41. The molecule has 0 unspecified atom stereocenters. The third-order valence-electron chi connectivity index (χ3n) is 6.05. The van der Waals surface area contributed by atoms with Crippen molar-refractivity contribution in [1.29, 1.82) is 0 Å². The van der Waals surface area contributed by atoms with Crippen molar-refractivity contribution in [2.75, 3.05) is 20.8 Å². The Hall–Kier alpha value is -3.02. The fourth-order valence-electron chi connectivity index (χ4n) is 4.97. The molecule has 172 valence electrons. The number of aliphatic imine (C=N–C) groups is 2. The molecule has 1 saturated carbocycles. The van der Waals surface area contributed by atoms with Crippen molar-refractivity contribution in [3.63, 3.8) is 0 Å². The van der Waals surface area contributed by atoms with E-state index in [0.717, 1.165) is 19.3 Å². The van der Waals surface area contributed by atoms with Crippen LogP contribution in [0, 0.1) is 10.8 Å². The Balaban J connectivity index is 1.75. The van der Waals surface area contributed by atoms with E-state index in [1.165, 1.54) is 14.2 Å². The lowest BCUT2D eigenvalue weighted by Crippen LogP contribution is -2.39. The van der Waals surface area contributed by atoms with Gasteiger partial charge in [0.25, 0.3) is 0 Å². The van der Waals surface area contributed by atoms with Crippen LogP contribution in [-0.4, -0.2) is 49.4 Å². The van der Waals surface area contributed by atoms with Crippen LogP contribution in [0.15, 0.2) is 46.4 Å². The molecule has 1 aliphatic carbocycles. The first-order chi connectivity index (χ1) is 15.2. The topological polar surface area (TPSA) is 83.6 Å². The van der Waals surface area contributed by atoms with E-state index in [9.17, 15) is 10.2 Å². The fraction of sp³-hybridized carbons (Fsp3) is 0.462. The Kier molecular flexibility index (Phi) is 7.12. The molecule has 2 atom stereocenters. The molecule has 32 heavy (non-hydrogen) atoms. The van der Waals surface area contributed by atoms with Crippen LogP contribution in [0.3, 0.4) is 0 Å². The summed E-state index contributed by atoms with van der Waals surface area (Å²) in [6, 6.07) is 10.9. The van der Waals surface area contributed by atoms with Gasteiger partial charge in [-0.3, -0.25) is 9.98 Å². The molecule has 6 heteroatoms. The molecule has 2 aromatic rings. The van der Waals surface area contributed by atoms with E-state index in [4.69, 9.17) is 14.5 Å². The summed E-state index contributed by atoms with van der Waals surface area (Å²) < 4.78 is 10.4. The summed E-state index contributed by atoms with van der Waals surface area (Å²) in [5, 5.41) is 20.6. The van der Waals surface area contributed by atoms with Crippen LogP contribution >= 0.6 is 0 Å². The van der Waals surface area contributed by atoms with E-state index < -0.39 is 0 Å². The zero-order valence-corrected chi connectivity index (χ0v) is 19.6. The Morgan fingerprint density at radius 2 is 1.47 bits per heavy atom. The van der Waals surface area contributed by atoms with Crippen molar-refractivity contribution in [1.82, 2.24) is 0 Å². The largest absolute Gasteiger partial charge is 0.504 e. The number of phenols is 2. The van der Waals surface area contributed by atoms with Gasteiger partial charge in [-0.15, -0.1) is 0 Å². The van der Waals surface area contributed by atoms with Crippen molar-refractivity contribution in [2.24, 2.45) is 20.8 Å². The first kappa shape index (κ1) is 23.6. The average molecular weight is 439 g/mol. The van der Waals surface area contributed by atoms with Gasteiger partial charge in [-0.25, -0.2) is 0 Å². The second kappa shape index (κ2) is 9.63. The lowest BCUT2D eigenvalue weighted by Gasteiger charge is -2.45. The maximum Gasteiger partial charge on any atom is 0.166 e. The molecule has 6 nitrogen and oxygen atoms in total. The van der Waals surface area contributed by atoms with Crippen molar-refractivity contribution in [3.8, 4) is 23.0 Å². The van der Waals surface area contributed by atoms with Gasteiger partial charge >= 0.3 is 0 Å². The summed E-state index contributed by atoms with van der Waals surface area (Å²) in [6.45, 7) is 7.44. The number of para-hydroxylation sites is 2. The number of nitrogens with zero attached hydrogens (tertiary/aromatic N) is 2. The molecule has 0 saturated heterocycles. The molecular formula is C26H34N2O4. The highest BCUT2D eigenvalue weighted by Crippen LogP contribution is 2.47. The third-order valence-corrected chi connectivity index (χ3v) is 6.05. The van der Waals surface area contributed by atoms with Gasteiger partial charge < -0.3 is 19.7 Å². The van der Waals surface area contributed by atoms with Crippen molar-refractivity contribution < 1.29 is 19.7 Å². The molecule has 0 aliphatic heterocycles. The average Bonchev–Trinajstić information content (AvgIpc) is 2.73. The second-order valence-corrected chi connectivity index (χ2v) is 9.76. The van der Waals surface area contributed by atoms with E-state index in [0.29, 0.717) is 29.2 Å². The third kappa shape index (κ3) is 5.61. The normalized spacial score (nSPS) is 23.0. The summed E-state index contributed by atoms with van der Waals surface area (Å²) in [5.74, 6) is 1.10. The highest BCUT2D eigenvalue weighted by molar-refractivity contribution is 5.85. The zero-order chi connectivity index (χ0) is 23.4. The van der Waals surface area contributed by atoms with Crippen LogP contribution in [0.5, 0.6) is 23.0 Å². The molecule has 0 amide bonds. The summed E-state index contributed by atoms with van der Waals surface area (Å²) in [6.07, 6.45) is 6.39. The SMILES string of the molecule is COc1cccc(C=NC[C@]2(C)C[C@H](N=Cc3cccc(OC)c3O)CC(C)(C)C2)c1O. The predicted octanol–water partition coefficient (Wildman–Crippen LogP) is 5.24. The Bertz CT molecular complexity index is 999. The molecule has 3 rings (SSSR count). The van der Waals surface area contributed by atoms with E-state index in [-0.39, 0.29) is 28.4 Å². The molecule has 2 aromatic carbocycles. The van der Waals surface area contributed by atoms with E-state index >= 15 is 0 Å². The van der Waals surface area contributed by atoms with Crippen LogP contribution in [-0.2, 0) is 0 Å². The number of hydrogen-bond acceptors (Lipinski definition) is 6. The Morgan fingerprint density at radius 3 is 2.03 bits per heavy atom. The highest BCUT2D eigenvalue weighted by atomic mass is 16.5. The minimum Gasteiger partial charge on any atom is -0.504 e. The molecule has 0 spiro atoms. The summed E-state index contributed by atoms with van der Waals surface area (Å²) in [7, 11) is 3.07. The summed E-state index contributed by atoms with van der Waals surface area (Å²) in [5.41, 5.74) is 1.40. The Labute approximate surface area is 190 Å². The van der Waals surface area contributed by atoms with Gasteiger partial charge in [0.2, 0.25) is 0 Å². The van der Waals surface area contributed by atoms with Gasteiger partial charge in [0.05, 0.1) is 20.3 Å². The monoisotopic (exact) mass is 438 g/mol. The van der Waals surface area contributed by atoms with E-state index in [1.54, 1.807) is 24.6 Å². The van der Waals surface area contributed by atoms with Gasteiger partial charge in [0.1, 0.15) is 0 Å². The number of phenolic OH excluding ortho intramolecular Hbond substituents is 2. The predicted molar refractivity (Wildman–Crippen MR) is 129 cm³/mol. The van der Waals surface area contributed by atoms with Crippen molar-refractivity contribution >= 4 is 12.4 Å². The number of benzene rings is 2. The lowest BCUT2D eigenvalue weighted by atomic mass is 9.63. The molecule has 0 bridgehead atoms. The summed E-state index contributed by atoms with van der Waals surface area (Å²) in [4.78, 5) is 9.51. The Morgan fingerprint density at radius 1 is 0.906 bits per heavy atom. The quantitative estimate of drug-likeness (QED) is 0.579. The van der Waals surface area contributed by atoms with Crippen LogP contribution < -0.4 is 9.47 Å². The van der Waals surface area contributed by atoms with Crippen LogP contribution in [0.2, 0.25) is 0 Å².